The van der Waals surface area contributed by atoms with Gasteiger partial charge in [-0.05, 0) is 30.2 Å². The smallest absolute Gasteiger partial charge is 0.414 e. The van der Waals surface area contributed by atoms with E-state index >= 15 is 0 Å². The average Bonchev–Trinajstić information content (AvgIpc) is 3.16. The van der Waals surface area contributed by atoms with Gasteiger partial charge in [-0.25, -0.2) is 9.59 Å². The number of rotatable bonds is 3. The summed E-state index contributed by atoms with van der Waals surface area (Å²) >= 11 is 0. The fourth-order valence-electron chi connectivity index (χ4n) is 5.00. The number of barbiturate groups is 1. The van der Waals surface area contributed by atoms with Crippen molar-refractivity contribution in [2.75, 3.05) is 42.6 Å². The van der Waals surface area contributed by atoms with Gasteiger partial charge in [-0.15, -0.1) is 0 Å². The second-order valence-corrected chi connectivity index (χ2v) is 8.54. The van der Waals surface area contributed by atoms with E-state index in [0.717, 1.165) is 5.69 Å². The molecule has 0 radical (unpaired) electrons. The van der Waals surface area contributed by atoms with Crippen molar-refractivity contribution >= 4 is 41.2 Å². The van der Waals surface area contributed by atoms with Crippen LogP contribution < -0.4 is 25.8 Å². The van der Waals surface area contributed by atoms with Crippen LogP contribution in [0, 0.1) is 5.41 Å². The number of nitrogens with one attached hydrogen (secondary N) is 3. The van der Waals surface area contributed by atoms with E-state index in [4.69, 9.17) is 9.47 Å². The Morgan fingerprint density at radius 2 is 1.97 bits per heavy atom. The van der Waals surface area contributed by atoms with Crippen LogP contribution in [0.15, 0.2) is 18.2 Å². The molecule has 5 rings (SSSR count). The molecule has 2 atom stereocenters. The molecular formula is C21H23N5O7. The van der Waals surface area contributed by atoms with Gasteiger partial charge in [0.25, 0.3) is 0 Å². The van der Waals surface area contributed by atoms with Crippen LogP contribution in [0.25, 0.3) is 0 Å². The topological polar surface area (TPSA) is 146 Å². The third-order valence-electron chi connectivity index (χ3n) is 6.57. The summed E-state index contributed by atoms with van der Waals surface area (Å²) in [4.78, 5) is 64.8. The van der Waals surface area contributed by atoms with E-state index in [1.807, 2.05) is 11.0 Å². The summed E-state index contributed by atoms with van der Waals surface area (Å²) in [5.41, 5.74) is 0.555. The Hall–Kier alpha value is -3.67. The highest BCUT2D eigenvalue weighted by Gasteiger charge is 2.60. The predicted octanol–water partition coefficient (Wildman–Crippen LogP) is -0.738. The highest BCUT2D eigenvalue weighted by atomic mass is 16.6. The third kappa shape index (κ3) is 3.37. The predicted molar refractivity (Wildman–Crippen MR) is 113 cm³/mol. The average molecular weight is 457 g/mol. The van der Waals surface area contributed by atoms with Gasteiger partial charge >= 0.3 is 12.1 Å². The van der Waals surface area contributed by atoms with Crippen molar-refractivity contribution in [3.8, 4) is 0 Å². The molecule has 1 aromatic carbocycles. The van der Waals surface area contributed by atoms with Crippen molar-refractivity contribution in [3.63, 3.8) is 0 Å². The van der Waals surface area contributed by atoms with E-state index < -0.39 is 41.5 Å². The van der Waals surface area contributed by atoms with Crippen LogP contribution in [0.3, 0.4) is 0 Å². The van der Waals surface area contributed by atoms with E-state index in [1.54, 1.807) is 12.1 Å². The molecule has 0 aliphatic carbocycles. The normalized spacial score (nSPS) is 25.7. The van der Waals surface area contributed by atoms with E-state index in [0.29, 0.717) is 24.4 Å². The number of ether oxygens (including phenoxy) is 2. The minimum absolute atomic E-state index is 0.0455. The number of anilines is 2. The highest BCUT2D eigenvalue weighted by Crippen LogP contribution is 2.45. The number of carbonyl (C=O) groups excluding carboxylic acids is 5. The Kier molecular flexibility index (Phi) is 4.96. The summed E-state index contributed by atoms with van der Waals surface area (Å²) in [5.74, 6) is -1.54. The zero-order chi connectivity index (χ0) is 23.3. The molecule has 3 fully saturated rings. The second kappa shape index (κ2) is 7.73. The first-order chi connectivity index (χ1) is 15.8. The number of carbonyl (C=O) groups is 5. The number of imide groups is 2. The molecule has 33 heavy (non-hydrogen) atoms. The van der Waals surface area contributed by atoms with Crippen LogP contribution in [0.2, 0.25) is 0 Å². The summed E-state index contributed by atoms with van der Waals surface area (Å²) in [7, 11) is 0. The van der Waals surface area contributed by atoms with Gasteiger partial charge in [0, 0.05) is 24.8 Å². The molecule has 12 nitrogen and oxygen atoms in total. The summed E-state index contributed by atoms with van der Waals surface area (Å²) in [6.45, 7) is 2.91. The van der Waals surface area contributed by atoms with Gasteiger partial charge in [0.05, 0.1) is 32.3 Å². The minimum atomic E-state index is -1.54. The Balaban J connectivity index is 1.48. The Morgan fingerprint density at radius 3 is 2.70 bits per heavy atom. The van der Waals surface area contributed by atoms with Crippen LogP contribution in [0.1, 0.15) is 12.5 Å². The first-order valence-corrected chi connectivity index (χ1v) is 10.7. The first kappa shape index (κ1) is 21.2. The fourth-order valence-corrected chi connectivity index (χ4v) is 5.00. The molecule has 3 saturated heterocycles. The van der Waals surface area contributed by atoms with Crippen molar-refractivity contribution in [1.82, 2.24) is 16.0 Å². The van der Waals surface area contributed by atoms with Crippen LogP contribution in [-0.2, 0) is 30.3 Å². The number of amides is 6. The first-order valence-electron chi connectivity index (χ1n) is 10.7. The molecule has 12 heteroatoms. The Labute approximate surface area is 188 Å². The molecule has 1 unspecified atom stereocenters. The zero-order valence-electron chi connectivity index (χ0n) is 17.9. The standard InChI is InChI=1S/C21H23N5O7/c1-11(27)22-8-14-9-26(20(31)33-14)13-2-3-15-12(6-13)7-21(16-10-32-5-4-25(15)16)17(28)23-19(30)24-18(21)29/h2-3,6,14,16H,4-5,7-10H2,1H3,(H,22,27)(H2,23,24,28,29,30)/t14-,16?/m0/s1. The SMILES string of the molecule is CC(=O)NC[C@H]1CN(c2ccc3c(c2)CC2(C(=O)NC(=O)NC2=O)C2COCCN32)C(=O)O1. The van der Waals surface area contributed by atoms with Gasteiger partial charge in [0.1, 0.15) is 6.10 Å². The molecule has 1 spiro atoms. The monoisotopic (exact) mass is 457 g/mol. The summed E-state index contributed by atoms with van der Waals surface area (Å²) < 4.78 is 10.9. The molecule has 0 aromatic heterocycles. The number of urea groups is 1. The van der Waals surface area contributed by atoms with Crippen LogP contribution >= 0.6 is 0 Å². The molecular weight excluding hydrogens is 434 g/mol. The lowest BCUT2D eigenvalue weighted by Gasteiger charge is -2.51. The van der Waals surface area contributed by atoms with Gasteiger partial charge < -0.3 is 19.7 Å². The Bertz CT molecular complexity index is 1050. The van der Waals surface area contributed by atoms with E-state index in [2.05, 4.69) is 16.0 Å². The molecule has 0 saturated carbocycles. The number of hydrogen-bond acceptors (Lipinski definition) is 8. The number of nitrogens with zero attached hydrogens (tertiary/aromatic N) is 2. The lowest BCUT2D eigenvalue weighted by atomic mass is 9.68. The molecule has 4 aliphatic rings. The molecule has 4 aliphatic heterocycles. The van der Waals surface area contributed by atoms with Crippen molar-refractivity contribution in [2.45, 2.75) is 25.5 Å². The number of hydrogen-bond donors (Lipinski definition) is 3. The van der Waals surface area contributed by atoms with Crippen LogP contribution in [0.4, 0.5) is 21.0 Å². The number of morpholine rings is 1. The van der Waals surface area contributed by atoms with E-state index in [1.165, 1.54) is 11.8 Å². The van der Waals surface area contributed by atoms with Crippen LogP contribution in [0.5, 0.6) is 0 Å². The van der Waals surface area contributed by atoms with Crippen molar-refractivity contribution in [1.29, 1.82) is 0 Å². The Morgan fingerprint density at radius 1 is 1.21 bits per heavy atom. The molecule has 0 bridgehead atoms. The quantitative estimate of drug-likeness (QED) is 0.503. The van der Waals surface area contributed by atoms with Crippen molar-refractivity contribution in [2.24, 2.45) is 5.41 Å². The lowest BCUT2D eigenvalue weighted by Crippen LogP contribution is -2.73. The van der Waals surface area contributed by atoms with Gasteiger partial charge in [-0.2, -0.15) is 0 Å². The summed E-state index contributed by atoms with van der Waals surface area (Å²) in [6, 6.07) is 3.99. The largest absolute Gasteiger partial charge is 0.442 e. The lowest BCUT2D eigenvalue weighted by molar-refractivity contribution is -0.148. The molecule has 3 N–H and O–H groups in total. The number of benzene rings is 1. The van der Waals surface area contributed by atoms with Crippen molar-refractivity contribution < 1.29 is 33.4 Å². The zero-order valence-corrected chi connectivity index (χ0v) is 17.9. The van der Waals surface area contributed by atoms with Gasteiger partial charge in [0.2, 0.25) is 17.7 Å². The van der Waals surface area contributed by atoms with Gasteiger partial charge in [0.15, 0.2) is 5.41 Å². The number of fused-ring (bicyclic) bond motifs is 4. The third-order valence-corrected chi connectivity index (χ3v) is 6.57. The second-order valence-electron chi connectivity index (χ2n) is 8.54. The highest BCUT2D eigenvalue weighted by molar-refractivity contribution is 6.20. The van der Waals surface area contributed by atoms with Crippen molar-refractivity contribution in [3.05, 3.63) is 23.8 Å². The van der Waals surface area contributed by atoms with E-state index in [-0.39, 0.29) is 32.0 Å². The maximum absolute atomic E-state index is 13.0. The fraction of sp³-hybridized carbons (Fsp3) is 0.476. The summed E-state index contributed by atoms with van der Waals surface area (Å²) in [6.07, 6.45) is -0.990. The maximum atomic E-state index is 13.0. The molecule has 6 amide bonds. The molecule has 4 heterocycles. The maximum Gasteiger partial charge on any atom is 0.414 e. The molecule has 1 aromatic rings. The number of cyclic esters (lactones) is 1. The van der Waals surface area contributed by atoms with Gasteiger partial charge in [-0.3, -0.25) is 29.9 Å². The van der Waals surface area contributed by atoms with Crippen LogP contribution in [-0.4, -0.2) is 74.8 Å². The summed E-state index contributed by atoms with van der Waals surface area (Å²) in [5, 5.41) is 7.09. The minimum Gasteiger partial charge on any atom is -0.442 e. The molecule has 174 valence electrons. The van der Waals surface area contributed by atoms with Gasteiger partial charge in [-0.1, -0.05) is 0 Å². The van der Waals surface area contributed by atoms with E-state index in [9.17, 15) is 24.0 Å².